The van der Waals surface area contributed by atoms with Crippen molar-refractivity contribution in [3.05, 3.63) is 51.8 Å². The van der Waals surface area contributed by atoms with Gasteiger partial charge in [-0.25, -0.2) is 0 Å². The Hall–Kier alpha value is -1.66. The molecule has 1 unspecified atom stereocenters. The fourth-order valence-electron chi connectivity index (χ4n) is 4.50. The Bertz CT molecular complexity index is 932. The van der Waals surface area contributed by atoms with Crippen LogP contribution < -0.4 is 5.32 Å². The first kappa shape index (κ1) is 23.0. The Balaban J connectivity index is 0.00000256. The van der Waals surface area contributed by atoms with Gasteiger partial charge in [-0.15, -0.1) is 12.4 Å². The number of nitrogens with zero attached hydrogens (tertiary/aromatic N) is 1. The van der Waals surface area contributed by atoms with Gasteiger partial charge in [-0.2, -0.15) is 0 Å². The van der Waals surface area contributed by atoms with E-state index in [-0.39, 0.29) is 24.4 Å². The lowest BCUT2D eigenvalue weighted by atomic mass is 9.98. The van der Waals surface area contributed by atoms with E-state index in [4.69, 9.17) is 27.9 Å². The second-order valence-electron chi connectivity index (χ2n) is 7.86. The summed E-state index contributed by atoms with van der Waals surface area (Å²) < 4.78 is 5.31. The molecule has 2 aromatic rings. The highest BCUT2D eigenvalue weighted by Crippen LogP contribution is 2.34. The number of aromatic nitrogens is 1. The molecule has 2 fully saturated rings. The molecule has 0 radical (unpaired) electrons. The Labute approximate surface area is 192 Å². The number of amides is 1. The number of carbonyl (C=O) groups excluding carboxylic acids is 1. The van der Waals surface area contributed by atoms with Crippen LogP contribution in [0.25, 0.3) is 17.0 Å². The average Bonchev–Trinajstić information content (AvgIpc) is 3.14. The molecule has 2 saturated heterocycles. The molecule has 0 saturated carbocycles. The number of allylic oxidation sites excluding steroid dienone is 2. The number of aromatic amines is 1. The molecular formula is C22H26Cl3N3O2. The number of carbonyl (C=O) groups is 1. The Morgan fingerprint density at radius 2 is 1.87 bits per heavy atom. The molecule has 1 aromatic carbocycles. The van der Waals surface area contributed by atoms with Gasteiger partial charge in [0.15, 0.2) is 5.76 Å². The molecule has 2 aliphatic heterocycles. The zero-order valence-electron chi connectivity index (χ0n) is 17.0. The molecule has 4 rings (SSSR count). The third-order valence-corrected chi connectivity index (χ3v) is 6.81. The third-order valence-electron chi connectivity index (χ3n) is 6.08. The molecule has 0 aliphatic carbocycles. The molecule has 162 valence electrons. The van der Waals surface area contributed by atoms with Crippen molar-refractivity contribution < 1.29 is 9.53 Å². The highest BCUT2D eigenvalue weighted by Gasteiger charge is 2.39. The maximum Gasteiger partial charge on any atom is 0.286 e. The second kappa shape index (κ2) is 9.65. The van der Waals surface area contributed by atoms with E-state index in [2.05, 4.69) is 22.2 Å². The average molecular weight is 471 g/mol. The van der Waals surface area contributed by atoms with Gasteiger partial charge in [0.25, 0.3) is 5.91 Å². The van der Waals surface area contributed by atoms with Crippen molar-refractivity contribution in [2.75, 3.05) is 14.2 Å². The van der Waals surface area contributed by atoms with Gasteiger partial charge in [0.1, 0.15) is 0 Å². The number of rotatable bonds is 5. The van der Waals surface area contributed by atoms with Crippen molar-refractivity contribution in [2.24, 2.45) is 0 Å². The maximum atomic E-state index is 12.6. The van der Waals surface area contributed by atoms with Gasteiger partial charge >= 0.3 is 0 Å². The van der Waals surface area contributed by atoms with E-state index in [0.29, 0.717) is 27.9 Å². The SMILES string of the molecule is CO/C(=C\C=C\c1cc2cc(Cl)c(Cl)cc2[nH]1)C(=O)NC1C[C@H]2CC[C@@H](C1)N2C.Cl. The van der Waals surface area contributed by atoms with Crippen LogP contribution in [-0.2, 0) is 9.53 Å². The van der Waals surface area contributed by atoms with Crippen LogP contribution in [0.2, 0.25) is 10.0 Å². The van der Waals surface area contributed by atoms with Crippen LogP contribution in [0.3, 0.4) is 0 Å². The number of nitrogens with one attached hydrogen (secondary N) is 2. The molecular weight excluding hydrogens is 445 g/mol. The molecule has 5 nitrogen and oxygen atoms in total. The van der Waals surface area contributed by atoms with Gasteiger partial charge in [-0.3, -0.25) is 4.79 Å². The van der Waals surface area contributed by atoms with Crippen molar-refractivity contribution in [3.63, 3.8) is 0 Å². The van der Waals surface area contributed by atoms with Crippen LogP contribution in [0.1, 0.15) is 31.4 Å². The van der Waals surface area contributed by atoms with E-state index in [9.17, 15) is 4.79 Å². The molecule has 2 N–H and O–H groups in total. The quantitative estimate of drug-likeness (QED) is 0.359. The minimum Gasteiger partial charge on any atom is -0.491 e. The van der Waals surface area contributed by atoms with Gasteiger partial charge in [-0.1, -0.05) is 29.3 Å². The summed E-state index contributed by atoms with van der Waals surface area (Å²) >= 11 is 12.1. The largest absolute Gasteiger partial charge is 0.491 e. The smallest absolute Gasteiger partial charge is 0.286 e. The summed E-state index contributed by atoms with van der Waals surface area (Å²) in [5.41, 5.74) is 1.79. The van der Waals surface area contributed by atoms with Crippen LogP contribution in [0.15, 0.2) is 36.1 Å². The molecule has 2 bridgehead atoms. The predicted molar refractivity (Wildman–Crippen MR) is 125 cm³/mol. The highest BCUT2D eigenvalue weighted by atomic mass is 35.5. The molecule has 0 spiro atoms. The number of halogens is 3. The van der Waals surface area contributed by atoms with E-state index in [1.165, 1.54) is 20.0 Å². The summed E-state index contributed by atoms with van der Waals surface area (Å²) in [5, 5.41) is 5.15. The maximum absolute atomic E-state index is 12.6. The molecule has 1 aromatic heterocycles. The summed E-state index contributed by atoms with van der Waals surface area (Å²) in [6.45, 7) is 0. The zero-order chi connectivity index (χ0) is 20.5. The van der Waals surface area contributed by atoms with Gasteiger partial charge in [0, 0.05) is 34.7 Å². The zero-order valence-corrected chi connectivity index (χ0v) is 19.3. The molecule has 3 heterocycles. The lowest BCUT2D eigenvalue weighted by Gasteiger charge is -2.36. The fraction of sp³-hybridized carbons (Fsp3) is 0.409. The van der Waals surface area contributed by atoms with E-state index in [1.54, 1.807) is 18.2 Å². The normalized spacial score (nSPS) is 24.3. The lowest BCUT2D eigenvalue weighted by molar-refractivity contribution is -0.121. The van der Waals surface area contributed by atoms with Crippen LogP contribution in [0.5, 0.6) is 0 Å². The van der Waals surface area contributed by atoms with Crippen LogP contribution in [-0.4, -0.2) is 48.1 Å². The Kier molecular flexibility index (Phi) is 7.40. The number of H-pyrrole nitrogens is 1. The summed E-state index contributed by atoms with van der Waals surface area (Å²) in [5.74, 6) is 0.135. The van der Waals surface area contributed by atoms with E-state index < -0.39 is 0 Å². The van der Waals surface area contributed by atoms with E-state index >= 15 is 0 Å². The molecule has 2 aliphatic rings. The van der Waals surface area contributed by atoms with Gasteiger partial charge in [0.2, 0.25) is 0 Å². The summed E-state index contributed by atoms with van der Waals surface area (Å²) in [4.78, 5) is 18.4. The van der Waals surface area contributed by atoms with Crippen LogP contribution in [0, 0.1) is 0 Å². The predicted octanol–water partition coefficient (Wildman–Crippen LogP) is 5.18. The monoisotopic (exact) mass is 469 g/mol. The Morgan fingerprint density at radius 3 is 2.53 bits per heavy atom. The number of methoxy groups -OCH3 is 1. The Morgan fingerprint density at radius 1 is 1.20 bits per heavy atom. The van der Waals surface area contributed by atoms with Crippen LogP contribution in [0.4, 0.5) is 0 Å². The van der Waals surface area contributed by atoms with Crippen molar-refractivity contribution in [3.8, 4) is 0 Å². The molecule has 1 amide bonds. The summed E-state index contributed by atoms with van der Waals surface area (Å²) in [7, 11) is 3.71. The van der Waals surface area contributed by atoms with Gasteiger partial charge < -0.3 is 19.9 Å². The van der Waals surface area contributed by atoms with Gasteiger partial charge in [0.05, 0.1) is 17.2 Å². The first-order chi connectivity index (χ1) is 13.9. The lowest BCUT2D eigenvalue weighted by Crippen LogP contribution is -2.49. The van der Waals surface area contributed by atoms with Gasteiger partial charge in [-0.05, 0) is 63.1 Å². The minimum absolute atomic E-state index is 0. The highest BCUT2D eigenvalue weighted by molar-refractivity contribution is 6.42. The number of fused-ring (bicyclic) bond motifs is 3. The van der Waals surface area contributed by atoms with E-state index in [1.807, 2.05) is 18.2 Å². The molecule has 30 heavy (non-hydrogen) atoms. The molecule has 8 heteroatoms. The minimum atomic E-state index is -0.165. The second-order valence-corrected chi connectivity index (χ2v) is 8.68. The first-order valence-corrected chi connectivity index (χ1v) is 10.6. The number of benzene rings is 1. The third kappa shape index (κ3) is 4.80. The van der Waals surface area contributed by atoms with Crippen LogP contribution >= 0.6 is 35.6 Å². The number of piperidine rings is 1. The topological polar surface area (TPSA) is 57.4 Å². The van der Waals surface area contributed by atoms with E-state index in [0.717, 1.165) is 29.4 Å². The number of hydrogen-bond acceptors (Lipinski definition) is 3. The fourth-order valence-corrected chi connectivity index (χ4v) is 4.84. The van der Waals surface area contributed by atoms with Crippen molar-refractivity contribution >= 4 is 58.5 Å². The molecule has 3 atom stereocenters. The van der Waals surface area contributed by atoms with Crippen molar-refractivity contribution in [2.45, 2.75) is 43.8 Å². The van der Waals surface area contributed by atoms with Crippen molar-refractivity contribution in [1.82, 2.24) is 15.2 Å². The number of hydrogen-bond donors (Lipinski definition) is 2. The summed E-state index contributed by atoms with van der Waals surface area (Å²) in [6, 6.07) is 6.97. The first-order valence-electron chi connectivity index (χ1n) is 9.87. The summed E-state index contributed by atoms with van der Waals surface area (Å²) in [6.07, 6.45) is 9.82. The standard InChI is InChI=1S/C22H25Cl2N3O2.ClH/c1-27-16-6-7-17(27)11-15(10-16)26-22(28)21(29-2)5-3-4-14-8-13-9-18(23)19(24)12-20(13)25-14;/h3-5,8-9,12,15-17,25H,6-7,10-11H2,1-2H3,(H,26,28);1H/b4-3+,21-5-;/t15?,16-,17+;. The van der Waals surface area contributed by atoms with Crippen molar-refractivity contribution in [1.29, 1.82) is 0 Å². The number of ether oxygens (including phenoxy) is 1.